The van der Waals surface area contributed by atoms with Crippen LogP contribution < -0.4 is 10.6 Å². The van der Waals surface area contributed by atoms with Crippen LogP contribution in [0.1, 0.15) is 12.8 Å². The quantitative estimate of drug-likeness (QED) is 0.828. The molecule has 1 saturated carbocycles. The van der Waals surface area contributed by atoms with Crippen LogP contribution in [0.2, 0.25) is 0 Å². The topological polar surface area (TPSA) is 58.3 Å². The van der Waals surface area contributed by atoms with Crippen LogP contribution in [0.3, 0.4) is 0 Å². The molecule has 3 rings (SSSR count). The first-order chi connectivity index (χ1) is 8.31. The largest absolute Gasteiger partial charge is 0.396 e. The van der Waals surface area contributed by atoms with Crippen molar-refractivity contribution in [1.82, 2.24) is 14.9 Å². The standard InChI is InChI=1S/C12H19N5/c13-11-7-14-12(15-8-11)17-5-3-16(4-6-17)9-10-1-2-10/h7-8,10H,1-6,9,13H2. The summed E-state index contributed by atoms with van der Waals surface area (Å²) in [4.78, 5) is 13.3. The summed E-state index contributed by atoms with van der Waals surface area (Å²) in [5.41, 5.74) is 6.21. The van der Waals surface area contributed by atoms with Crippen LogP contribution >= 0.6 is 0 Å². The number of nitrogen functional groups attached to an aromatic ring is 1. The Hall–Kier alpha value is -1.36. The van der Waals surface area contributed by atoms with Crippen LogP contribution in [-0.2, 0) is 0 Å². The van der Waals surface area contributed by atoms with Crippen molar-refractivity contribution in [2.24, 2.45) is 5.92 Å². The van der Waals surface area contributed by atoms with Gasteiger partial charge in [0, 0.05) is 32.7 Å². The highest BCUT2D eigenvalue weighted by Crippen LogP contribution is 2.30. The summed E-state index contributed by atoms with van der Waals surface area (Å²) in [6.45, 7) is 5.60. The SMILES string of the molecule is Nc1cnc(N2CCN(CC3CC3)CC2)nc1. The highest BCUT2D eigenvalue weighted by Gasteiger charge is 2.26. The zero-order chi connectivity index (χ0) is 11.7. The second kappa shape index (κ2) is 4.49. The molecule has 0 aromatic carbocycles. The molecule has 1 saturated heterocycles. The second-order valence-electron chi connectivity index (χ2n) is 5.05. The number of anilines is 2. The molecule has 5 heteroatoms. The monoisotopic (exact) mass is 233 g/mol. The zero-order valence-electron chi connectivity index (χ0n) is 10.0. The molecule has 2 N–H and O–H groups in total. The lowest BCUT2D eigenvalue weighted by atomic mass is 10.3. The number of hydrogen-bond acceptors (Lipinski definition) is 5. The summed E-state index contributed by atoms with van der Waals surface area (Å²) in [6, 6.07) is 0. The van der Waals surface area contributed by atoms with Gasteiger partial charge in [0.05, 0.1) is 18.1 Å². The number of piperazine rings is 1. The van der Waals surface area contributed by atoms with Crippen molar-refractivity contribution in [2.45, 2.75) is 12.8 Å². The summed E-state index contributed by atoms with van der Waals surface area (Å²) in [5.74, 6) is 1.79. The van der Waals surface area contributed by atoms with Crippen molar-refractivity contribution >= 4 is 11.6 Å². The average molecular weight is 233 g/mol. The molecule has 5 nitrogen and oxygen atoms in total. The summed E-state index contributed by atoms with van der Waals surface area (Å²) in [6.07, 6.45) is 6.22. The first-order valence-corrected chi connectivity index (χ1v) is 6.36. The van der Waals surface area contributed by atoms with Crippen molar-refractivity contribution in [3.05, 3.63) is 12.4 Å². The van der Waals surface area contributed by atoms with E-state index in [0.29, 0.717) is 5.69 Å². The molecule has 0 spiro atoms. The van der Waals surface area contributed by atoms with E-state index in [4.69, 9.17) is 5.73 Å². The number of rotatable bonds is 3. The molecule has 1 aliphatic heterocycles. The molecule has 0 amide bonds. The van der Waals surface area contributed by atoms with Gasteiger partial charge in [-0.2, -0.15) is 0 Å². The molecule has 1 aromatic rings. The minimum absolute atomic E-state index is 0.626. The molecule has 0 atom stereocenters. The van der Waals surface area contributed by atoms with Gasteiger partial charge in [-0.15, -0.1) is 0 Å². The highest BCUT2D eigenvalue weighted by atomic mass is 15.3. The van der Waals surface area contributed by atoms with E-state index < -0.39 is 0 Å². The third-order valence-corrected chi connectivity index (χ3v) is 3.53. The molecular formula is C12H19N5. The van der Waals surface area contributed by atoms with E-state index in [-0.39, 0.29) is 0 Å². The van der Waals surface area contributed by atoms with E-state index in [9.17, 15) is 0 Å². The molecule has 2 aliphatic rings. The Morgan fingerprint density at radius 1 is 1.12 bits per heavy atom. The van der Waals surface area contributed by atoms with Crippen molar-refractivity contribution in [2.75, 3.05) is 43.4 Å². The van der Waals surface area contributed by atoms with Crippen LogP contribution in [-0.4, -0.2) is 47.6 Å². The van der Waals surface area contributed by atoms with Gasteiger partial charge in [-0.3, -0.25) is 4.90 Å². The minimum atomic E-state index is 0.626. The first-order valence-electron chi connectivity index (χ1n) is 6.36. The molecule has 0 radical (unpaired) electrons. The Morgan fingerprint density at radius 3 is 2.35 bits per heavy atom. The fourth-order valence-electron chi connectivity index (χ4n) is 2.29. The molecule has 2 heterocycles. The van der Waals surface area contributed by atoms with Crippen LogP contribution in [0.5, 0.6) is 0 Å². The number of aromatic nitrogens is 2. The Labute approximate surface area is 102 Å². The van der Waals surface area contributed by atoms with Crippen molar-refractivity contribution in [3.63, 3.8) is 0 Å². The lowest BCUT2D eigenvalue weighted by Gasteiger charge is -2.34. The van der Waals surface area contributed by atoms with Crippen LogP contribution in [0.25, 0.3) is 0 Å². The summed E-state index contributed by atoms with van der Waals surface area (Å²) >= 11 is 0. The van der Waals surface area contributed by atoms with E-state index in [1.54, 1.807) is 12.4 Å². The van der Waals surface area contributed by atoms with E-state index in [2.05, 4.69) is 19.8 Å². The van der Waals surface area contributed by atoms with Crippen molar-refractivity contribution < 1.29 is 0 Å². The Kier molecular flexibility index (Phi) is 2.84. The summed E-state index contributed by atoms with van der Waals surface area (Å²) in [7, 11) is 0. The molecule has 2 fully saturated rings. The Morgan fingerprint density at radius 2 is 1.76 bits per heavy atom. The summed E-state index contributed by atoms with van der Waals surface area (Å²) in [5, 5.41) is 0. The van der Waals surface area contributed by atoms with E-state index in [0.717, 1.165) is 38.0 Å². The maximum atomic E-state index is 5.59. The van der Waals surface area contributed by atoms with E-state index in [1.807, 2.05) is 0 Å². The van der Waals surface area contributed by atoms with Gasteiger partial charge in [0.15, 0.2) is 0 Å². The molecule has 17 heavy (non-hydrogen) atoms. The average Bonchev–Trinajstić information content (AvgIpc) is 3.15. The Bertz CT molecular complexity index is 365. The van der Waals surface area contributed by atoms with Gasteiger partial charge < -0.3 is 10.6 Å². The van der Waals surface area contributed by atoms with Crippen molar-refractivity contribution in [1.29, 1.82) is 0 Å². The smallest absolute Gasteiger partial charge is 0.225 e. The van der Waals surface area contributed by atoms with Gasteiger partial charge in [0.1, 0.15) is 0 Å². The number of hydrogen-bond donors (Lipinski definition) is 1. The van der Waals surface area contributed by atoms with Gasteiger partial charge in [-0.05, 0) is 18.8 Å². The molecule has 1 aliphatic carbocycles. The van der Waals surface area contributed by atoms with Crippen LogP contribution in [0, 0.1) is 5.92 Å². The van der Waals surface area contributed by atoms with Gasteiger partial charge in [-0.1, -0.05) is 0 Å². The van der Waals surface area contributed by atoms with Crippen molar-refractivity contribution in [3.8, 4) is 0 Å². The minimum Gasteiger partial charge on any atom is -0.396 e. The van der Waals surface area contributed by atoms with E-state index >= 15 is 0 Å². The fourth-order valence-corrected chi connectivity index (χ4v) is 2.29. The summed E-state index contributed by atoms with van der Waals surface area (Å²) < 4.78 is 0. The fraction of sp³-hybridized carbons (Fsp3) is 0.667. The number of nitrogens with two attached hydrogens (primary N) is 1. The first kappa shape index (κ1) is 10.8. The van der Waals surface area contributed by atoms with Crippen LogP contribution in [0.15, 0.2) is 12.4 Å². The second-order valence-corrected chi connectivity index (χ2v) is 5.05. The third-order valence-electron chi connectivity index (χ3n) is 3.53. The normalized spacial score (nSPS) is 21.8. The maximum absolute atomic E-state index is 5.59. The molecule has 0 bridgehead atoms. The lowest BCUT2D eigenvalue weighted by Crippen LogP contribution is -2.47. The molecular weight excluding hydrogens is 214 g/mol. The van der Waals surface area contributed by atoms with E-state index in [1.165, 1.54) is 19.4 Å². The predicted molar refractivity (Wildman–Crippen MR) is 67.8 cm³/mol. The highest BCUT2D eigenvalue weighted by molar-refractivity contribution is 5.38. The van der Waals surface area contributed by atoms with Crippen LogP contribution in [0.4, 0.5) is 11.6 Å². The number of nitrogens with zero attached hydrogens (tertiary/aromatic N) is 4. The van der Waals surface area contributed by atoms with Gasteiger partial charge in [0.2, 0.25) is 5.95 Å². The third kappa shape index (κ3) is 2.66. The molecule has 92 valence electrons. The Balaban J connectivity index is 1.54. The van der Waals surface area contributed by atoms with Gasteiger partial charge in [-0.25, -0.2) is 9.97 Å². The zero-order valence-corrected chi connectivity index (χ0v) is 10.0. The molecule has 1 aromatic heterocycles. The van der Waals surface area contributed by atoms with Gasteiger partial charge in [0.25, 0.3) is 0 Å². The lowest BCUT2D eigenvalue weighted by molar-refractivity contribution is 0.247. The maximum Gasteiger partial charge on any atom is 0.225 e. The van der Waals surface area contributed by atoms with Gasteiger partial charge >= 0.3 is 0 Å². The molecule has 0 unspecified atom stereocenters. The predicted octanol–water partition coefficient (Wildman–Crippen LogP) is 0.591.